The van der Waals surface area contributed by atoms with E-state index in [1.165, 1.54) is 0 Å². The Morgan fingerprint density at radius 2 is 1.81 bits per heavy atom. The first-order valence-electron chi connectivity index (χ1n) is 10.1. The second-order valence-corrected chi connectivity index (χ2v) is 7.89. The van der Waals surface area contributed by atoms with E-state index in [4.69, 9.17) is 16.3 Å². The van der Waals surface area contributed by atoms with E-state index in [0.717, 1.165) is 18.0 Å². The van der Waals surface area contributed by atoms with Crippen LogP contribution in [0.15, 0.2) is 18.3 Å². The highest BCUT2D eigenvalue weighted by Gasteiger charge is 2.32. The van der Waals surface area contributed by atoms with Crippen molar-refractivity contribution in [2.75, 3.05) is 37.7 Å². The summed E-state index contributed by atoms with van der Waals surface area (Å²) in [6, 6.07) is 2.57. The quantitative estimate of drug-likeness (QED) is 0.621. The summed E-state index contributed by atoms with van der Waals surface area (Å²) in [6.07, 6.45) is -3.75. The highest BCUT2D eigenvalue weighted by Crippen LogP contribution is 2.33. The minimum atomic E-state index is -4.51. The van der Waals surface area contributed by atoms with Gasteiger partial charge in [0.1, 0.15) is 12.4 Å². The number of esters is 1. The van der Waals surface area contributed by atoms with Gasteiger partial charge >= 0.3 is 12.1 Å². The Kier molecular flexibility index (Phi) is 7.02. The molecule has 3 rings (SSSR count). The Morgan fingerprint density at radius 1 is 1.16 bits per heavy atom. The summed E-state index contributed by atoms with van der Waals surface area (Å²) in [5.74, 6) is -0.273. The molecule has 0 atom stereocenters. The van der Waals surface area contributed by atoms with E-state index in [9.17, 15) is 22.8 Å². The van der Waals surface area contributed by atoms with Gasteiger partial charge in [0.2, 0.25) is 5.91 Å². The van der Waals surface area contributed by atoms with Crippen LogP contribution in [0.5, 0.6) is 0 Å². The van der Waals surface area contributed by atoms with Crippen molar-refractivity contribution in [1.82, 2.24) is 14.5 Å². The van der Waals surface area contributed by atoms with Crippen LogP contribution in [0.4, 0.5) is 19.0 Å². The minimum Gasteiger partial charge on any atom is -0.462 e. The number of pyridine rings is 1. The largest absolute Gasteiger partial charge is 0.462 e. The molecular formula is C21H24ClF3N4O3. The fraction of sp³-hybridized carbons (Fsp3) is 0.476. The number of carbonyl (C=O) groups excluding carboxylic acids is 2. The Hall–Kier alpha value is -2.75. The van der Waals surface area contributed by atoms with Crippen LogP contribution >= 0.6 is 11.6 Å². The predicted octanol–water partition coefficient (Wildman–Crippen LogP) is 3.70. The molecule has 0 N–H and O–H groups in total. The fourth-order valence-corrected chi connectivity index (χ4v) is 3.97. The maximum atomic E-state index is 12.8. The van der Waals surface area contributed by atoms with Crippen LogP contribution < -0.4 is 4.90 Å². The van der Waals surface area contributed by atoms with E-state index in [1.54, 1.807) is 34.3 Å². The number of hydrogen-bond acceptors (Lipinski definition) is 5. The molecule has 174 valence electrons. The first kappa shape index (κ1) is 23.9. The SMILES string of the molecule is CCOC(=O)c1cc(C)n(CC(=O)N2CCN(c3ncc(C(F)(F)F)cc3Cl)CC2)c1C. The summed E-state index contributed by atoms with van der Waals surface area (Å²) in [7, 11) is 0. The molecule has 3 heterocycles. The zero-order valence-corrected chi connectivity index (χ0v) is 18.8. The summed E-state index contributed by atoms with van der Waals surface area (Å²) in [4.78, 5) is 32.2. The van der Waals surface area contributed by atoms with Gasteiger partial charge in [-0.1, -0.05) is 11.6 Å². The van der Waals surface area contributed by atoms with Gasteiger partial charge in [0.25, 0.3) is 0 Å². The highest BCUT2D eigenvalue weighted by atomic mass is 35.5. The van der Waals surface area contributed by atoms with Crippen LogP contribution in [-0.4, -0.2) is 59.1 Å². The van der Waals surface area contributed by atoms with Crippen LogP contribution in [0, 0.1) is 13.8 Å². The molecule has 1 amide bonds. The number of aryl methyl sites for hydroxylation is 1. The number of nitrogens with zero attached hydrogens (tertiary/aromatic N) is 4. The fourth-order valence-electron chi connectivity index (χ4n) is 3.68. The first-order valence-corrected chi connectivity index (χ1v) is 10.5. The van der Waals surface area contributed by atoms with Crippen molar-refractivity contribution in [3.8, 4) is 0 Å². The van der Waals surface area contributed by atoms with Gasteiger partial charge in [-0.3, -0.25) is 4.79 Å². The first-order chi connectivity index (χ1) is 15.0. The van der Waals surface area contributed by atoms with Crippen LogP contribution in [0.3, 0.4) is 0 Å². The number of halogens is 4. The number of alkyl halides is 3. The van der Waals surface area contributed by atoms with Gasteiger partial charge in [-0.05, 0) is 32.9 Å². The van der Waals surface area contributed by atoms with E-state index in [0.29, 0.717) is 37.4 Å². The van der Waals surface area contributed by atoms with Crippen molar-refractivity contribution in [3.63, 3.8) is 0 Å². The summed E-state index contributed by atoms with van der Waals surface area (Å²) in [5, 5.41) is -0.0790. The third-order valence-corrected chi connectivity index (χ3v) is 5.72. The van der Waals surface area contributed by atoms with Gasteiger partial charge in [-0.2, -0.15) is 13.2 Å². The number of anilines is 1. The van der Waals surface area contributed by atoms with Gasteiger partial charge in [0.05, 0.1) is 22.8 Å². The third kappa shape index (κ3) is 5.01. The zero-order chi connectivity index (χ0) is 23.6. The van der Waals surface area contributed by atoms with Gasteiger partial charge in [-0.25, -0.2) is 9.78 Å². The lowest BCUT2D eigenvalue weighted by Gasteiger charge is -2.36. The zero-order valence-electron chi connectivity index (χ0n) is 18.0. The topological polar surface area (TPSA) is 67.7 Å². The number of ether oxygens (including phenoxy) is 1. The van der Waals surface area contributed by atoms with Gasteiger partial charge < -0.3 is 19.1 Å². The number of carbonyl (C=O) groups is 2. The Balaban J connectivity index is 1.64. The molecular weight excluding hydrogens is 449 g/mol. The molecule has 1 aliphatic heterocycles. The number of rotatable bonds is 5. The lowest BCUT2D eigenvalue weighted by atomic mass is 10.2. The lowest BCUT2D eigenvalue weighted by molar-refractivity contribution is -0.138. The molecule has 2 aromatic rings. The summed E-state index contributed by atoms with van der Waals surface area (Å²) < 4.78 is 45.3. The maximum Gasteiger partial charge on any atom is 0.417 e. The van der Waals surface area contributed by atoms with Crippen molar-refractivity contribution in [1.29, 1.82) is 0 Å². The normalized spacial score (nSPS) is 14.6. The summed E-state index contributed by atoms with van der Waals surface area (Å²) in [6.45, 7) is 7.20. The monoisotopic (exact) mass is 472 g/mol. The third-order valence-electron chi connectivity index (χ3n) is 5.44. The molecule has 0 aromatic carbocycles. The number of aromatic nitrogens is 2. The molecule has 1 aliphatic rings. The lowest BCUT2D eigenvalue weighted by Crippen LogP contribution is -2.50. The molecule has 7 nitrogen and oxygen atoms in total. The molecule has 0 unspecified atom stereocenters. The summed E-state index contributed by atoms with van der Waals surface area (Å²) in [5.41, 5.74) is 0.969. The van der Waals surface area contributed by atoms with Gasteiger partial charge in [0.15, 0.2) is 0 Å². The Bertz CT molecular complexity index is 1010. The second kappa shape index (κ2) is 9.40. The molecule has 0 saturated carbocycles. The average Bonchev–Trinajstić information content (AvgIpc) is 3.01. The molecule has 32 heavy (non-hydrogen) atoms. The summed E-state index contributed by atoms with van der Waals surface area (Å²) >= 11 is 6.03. The van der Waals surface area contributed by atoms with E-state index in [-0.39, 0.29) is 29.9 Å². The second-order valence-electron chi connectivity index (χ2n) is 7.49. The standard InChI is InChI=1S/C21H24ClF3N4O3/c1-4-32-20(31)16-9-13(2)29(14(16)3)12-18(30)27-5-7-28(8-6-27)19-17(22)10-15(11-26-19)21(23,24)25/h9-11H,4-8,12H2,1-3H3. The molecule has 0 radical (unpaired) electrons. The van der Waals surface area contributed by atoms with Crippen LogP contribution in [0.1, 0.15) is 34.2 Å². The predicted molar refractivity (Wildman–Crippen MR) is 113 cm³/mol. The van der Waals surface area contributed by atoms with Crippen LogP contribution in [0.2, 0.25) is 5.02 Å². The maximum absolute atomic E-state index is 12.8. The van der Waals surface area contributed by atoms with E-state index in [1.807, 2.05) is 6.92 Å². The van der Waals surface area contributed by atoms with E-state index < -0.39 is 17.7 Å². The van der Waals surface area contributed by atoms with Crippen molar-refractivity contribution < 1.29 is 27.5 Å². The number of amides is 1. The minimum absolute atomic E-state index is 0.0790. The number of hydrogen-bond donors (Lipinski definition) is 0. The van der Waals surface area contributed by atoms with Crippen LogP contribution in [0.25, 0.3) is 0 Å². The highest BCUT2D eigenvalue weighted by molar-refractivity contribution is 6.33. The van der Waals surface area contributed by atoms with Crippen molar-refractivity contribution in [3.05, 3.63) is 45.9 Å². The molecule has 1 saturated heterocycles. The van der Waals surface area contributed by atoms with E-state index in [2.05, 4.69) is 4.98 Å². The Morgan fingerprint density at radius 3 is 2.38 bits per heavy atom. The molecule has 0 spiro atoms. The molecule has 0 bridgehead atoms. The smallest absolute Gasteiger partial charge is 0.417 e. The van der Waals surface area contributed by atoms with Crippen molar-refractivity contribution in [2.24, 2.45) is 0 Å². The van der Waals surface area contributed by atoms with Gasteiger partial charge in [-0.15, -0.1) is 0 Å². The van der Waals surface area contributed by atoms with Crippen molar-refractivity contribution >= 4 is 29.3 Å². The molecule has 2 aromatic heterocycles. The van der Waals surface area contributed by atoms with Gasteiger partial charge in [0, 0.05) is 43.8 Å². The molecule has 11 heteroatoms. The molecule has 0 aliphatic carbocycles. The Labute approximate surface area is 188 Å². The van der Waals surface area contributed by atoms with E-state index >= 15 is 0 Å². The molecule has 1 fully saturated rings. The van der Waals surface area contributed by atoms with Crippen LogP contribution in [-0.2, 0) is 22.3 Å². The number of piperazine rings is 1. The average molecular weight is 473 g/mol. The van der Waals surface area contributed by atoms with Crippen molar-refractivity contribution in [2.45, 2.75) is 33.5 Å².